The van der Waals surface area contributed by atoms with Crippen LogP contribution in [-0.4, -0.2) is 36.3 Å². The number of benzene rings is 2. The molecular weight excluding hydrogens is 418 g/mol. The molecule has 1 amide bonds. The van der Waals surface area contributed by atoms with Crippen molar-refractivity contribution in [2.75, 3.05) is 13.1 Å². The van der Waals surface area contributed by atoms with E-state index in [9.17, 15) is 18.0 Å². The van der Waals surface area contributed by atoms with Crippen LogP contribution in [0.2, 0.25) is 0 Å². The maximum Gasteiger partial charge on any atom is 0.419 e. The molecule has 0 spiro atoms. The molecule has 1 fully saturated rings. The molecule has 0 saturated carbocycles. The summed E-state index contributed by atoms with van der Waals surface area (Å²) in [6.07, 6.45) is 1.80. The number of nitrogens with zero attached hydrogens (tertiary/aromatic N) is 2. The van der Waals surface area contributed by atoms with Crippen molar-refractivity contribution >= 4 is 27.0 Å². The first-order chi connectivity index (χ1) is 14.8. The minimum Gasteiger partial charge on any atom is -0.408 e. The summed E-state index contributed by atoms with van der Waals surface area (Å²) >= 11 is 0. The molecule has 0 aliphatic carbocycles. The SMILES string of the molecule is Cc1ccc(CNC(=O)CCn2c(=O)oc3cc(S(=O)(=O)N4CCCC4)ccc32)cc1. The van der Waals surface area contributed by atoms with Crippen molar-refractivity contribution in [2.24, 2.45) is 0 Å². The van der Waals surface area contributed by atoms with Gasteiger partial charge < -0.3 is 9.73 Å². The lowest BCUT2D eigenvalue weighted by molar-refractivity contribution is -0.121. The summed E-state index contributed by atoms with van der Waals surface area (Å²) in [7, 11) is -3.60. The molecule has 1 aromatic heterocycles. The lowest BCUT2D eigenvalue weighted by Crippen LogP contribution is -2.27. The molecule has 3 aromatic rings. The zero-order valence-corrected chi connectivity index (χ0v) is 18.2. The van der Waals surface area contributed by atoms with Crippen LogP contribution in [0.3, 0.4) is 0 Å². The van der Waals surface area contributed by atoms with Gasteiger partial charge in [-0.3, -0.25) is 9.36 Å². The highest BCUT2D eigenvalue weighted by Gasteiger charge is 2.28. The number of carbonyl (C=O) groups is 1. The molecule has 8 nitrogen and oxygen atoms in total. The second kappa shape index (κ2) is 8.68. The molecule has 164 valence electrons. The van der Waals surface area contributed by atoms with Gasteiger partial charge in [0.25, 0.3) is 0 Å². The van der Waals surface area contributed by atoms with E-state index >= 15 is 0 Å². The standard InChI is InChI=1S/C22H25N3O5S/c1-16-4-6-17(7-5-16)15-23-21(26)10-13-25-19-9-8-18(14-20(19)30-22(25)27)31(28,29)24-11-2-3-12-24/h4-9,14H,2-3,10-13,15H2,1H3,(H,23,26). The number of aromatic nitrogens is 1. The van der Waals surface area contributed by atoms with E-state index in [1.165, 1.54) is 21.0 Å². The fraction of sp³-hybridized carbons (Fsp3) is 0.364. The predicted molar refractivity (Wildman–Crippen MR) is 116 cm³/mol. The summed E-state index contributed by atoms with van der Waals surface area (Å²) in [5, 5.41) is 2.84. The van der Waals surface area contributed by atoms with E-state index < -0.39 is 15.8 Å². The van der Waals surface area contributed by atoms with Crippen molar-refractivity contribution < 1.29 is 17.6 Å². The monoisotopic (exact) mass is 443 g/mol. The maximum atomic E-state index is 12.7. The molecule has 0 bridgehead atoms. The third-order valence-electron chi connectivity index (χ3n) is 5.52. The van der Waals surface area contributed by atoms with Crippen LogP contribution < -0.4 is 11.1 Å². The van der Waals surface area contributed by atoms with Crippen LogP contribution in [0.25, 0.3) is 11.1 Å². The van der Waals surface area contributed by atoms with Crippen LogP contribution in [0.5, 0.6) is 0 Å². The van der Waals surface area contributed by atoms with Crippen molar-refractivity contribution in [1.82, 2.24) is 14.2 Å². The minimum atomic E-state index is -3.60. The van der Waals surface area contributed by atoms with Gasteiger partial charge >= 0.3 is 5.76 Å². The third kappa shape index (κ3) is 4.57. The minimum absolute atomic E-state index is 0.105. The maximum absolute atomic E-state index is 12.7. The number of hydrogen-bond acceptors (Lipinski definition) is 5. The number of oxazole rings is 1. The van der Waals surface area contributed by atoms with Gasteiger partial charge in [0, 0.05) is 38.7 Å². The fourth-order valence-corrected chi connectivity index (χ4v) is 5.24. The lowest BCUT2D eigenvalue weighted by Gasteiger charge is -2.15. The van der Waals surface area contributed by atoms with Crippen molar-refractivity contribution in [2.45, 2.75) is 44.2 Å². The Morgan fingerprint density at radius 3 is 2.52 bits per heavy atom. The summed E-state index contributed by atoms with van der Waals surface area (Å²) in [5.41, 5.74) is 2.82. The Kier molecular flexibility index (Phi) is 5.97. The molecule has 1 N–H and O–H groups in total. The summed E-state index contributed by atoms with van der Waals surface area (Å²) in [4.78, 5) is 24.6. The number of hydrogen-bond donors (Lipinski definition) is 1. The number of aryl methyl sites for hydroxylation is 2. The quantitative estimate of drug-likeness (QED) is 0.604. The first-order valence-corrected chi connectivity index (χ1v) is 11.7. The van der Waals surface area contributed by atoms with Crippen LogP contribution in [0, 0.1) is 6.92 Å². The Bertz CT molecular complexity index is 1250. The summed E-state index contributed by atoms with van der Waals surface area (Å²) in [5.74, 6) is -0.799. The molecule has 31 heavy (non-hydrogen) atoms. The summed E-state index contributed by atoms with van der Waals surface area (Å²) in [6.45, 7) is 3.56. The molecule has 1 aliphatic rings. The van der Waals surface area contributed by atoms with E-state index in [0.29, 0.717) is 25.2 Å². The van der Waals surface area contributed by atoms with E-state index in [1.54, 1.807) is 6.07 Å². The Morgan fingerprint density at radius 1 is 1.10 bits per heavy atom. The van der Waals surface area contributed by atoms with E-state index in [-0.39, 0.29) is 29.4 Å². The number of rotatable bonds is 7. The molecule has 0 unspecified atom stereocenters. The van der Waals surface area contributed by atoms with Gasteiger partial charge in [0.2, 0.25) is 15.9 Å². The molecule has 0 atom stereocenters. The van der Waals surface area contributed by atoms with Crippen molar-refractivity contribution in [3.63, 3.8) is 0 Å². The molecule has 9 heteroatoms. The third-order valence-corrected chi connectivity index (χ3v) is 7.41. The Labute approximate surface area is 180 Å². The molecular formula is C22H25N3O5S. The largest absolute Gasteiger partial charge is 0.419 e. The van der Waals surface area contributed by atoms with Gasteiger partial charge in [0.05, 0.1) is 10.4 Å². The van der Waals surface area contributed by atoms with Crippen molar-refractivity contribution in [3.05, 3.63) is 64.1 Å². The van der Waals surface area contributed by atoms with E-state index in [1.807, 2.05) is 31.2 Å². The van der Waals surface area contributed by atoms with Crippen molar-refractivity contribution in [3.8, 4) is 0 Å². The Hall–Kier alpha value is -2.91. The second-order valence-corrected chi connectivity index (χ2v) is 9.71. The number of amides is 1. The first kappa shape index (κ1) is 21.3. The molecule has 1 saturated heterocycles. The molecule has 1 aliphatic heterocycles. The Morgan fingerprint density at radius 2 is 1.81 bits per heavy atom. The number of fused-ring (bicyclic) bond motifs is 1. The van der Waals surface area contributed by atoms with E-state index in [4.69, 9.17) is 4.42 Å². The van der Waals surface area contributed by atoms with E-state index in [2.05, 4.69) is 5.32 Å². The Balaban J connectivity index is 1.44. The van der Waals surface area contributed by atoms with Gasteiger partial charge in [0.15, 0.2) is 5.58 Å². The number of sulfonamides is 1. The van der Waals surface area contributed by atoms with Crippen LogP contribution in [0.4, 0.5) is 0 Å². The van der Waals surface area contributed by atoms with Crippen LogP contribution >= 0.6 is 0 Å². The van der Waals surface area contributed by atoms with Gasteiger partial charge in [0.1, 0.15) is 0 Å². The predicted octanol–water partition coefficient (Wildman–Crippen LogP) is 2.39. The summed E-state index contributed by atoms with van der Waals surface area (Å²) in [6, 6.07) is 12.3. The van der Waals surface area contributed by atoms with Crippen LogP contribution in [0.15, 0.2) is 56.6 Å². The molecule has 4 rings (SSSR count). The number of carbonyl (C=O) groups excluding carboxylic acids is 1. The van der Waals surface area contributed by atoms with Gasteiger partial charge in [-0.25, -0.2) is 13.2 Å². The average molecular weight is 444 g/mol. The summed E-state index contributed by atoms with van der Waals surface area (Å²) < 4.78 is 33.5. The van der Waals surface area contributed by atoms with Gasteiger partial charge in [-0.2, -0.15) is 4.31 Å². The topological polar surface area (TPSA) is 102 Å². The van der Waals surface area contributed by atoms with Gasteiger partial charge in [-0.15, -0.1) is 0 Å². The van der Waals surface area contributed by atoms with E-state index in [0.717, 1.165) is 24.0 Å². The smallest absolute Gasteiger partial charge is 0.408 e. The van der Waals surface area contributed by atoms with Crippen LogP contribution in [0.1, 0.15) is 30.4 Å². The lowest BCUT2D eigenvalue weighted by atomic mass is 10.1. The van der Waals surface area contributed by atoms with Gasteiger partial charge in [-0.1, -0.05) is 29.8 Å². The number of nitrogens with one attached hydrogen (secondary N) is 1. The highest BCUT2D eigenvalue weighted by atomic mass is 32.2. The second-order valence-electron chi connectivity index (χ2n) is 7.77. The normalized spacial score (nSPS) is 14.9. The first-order valence-electron chi connectivity index (χ1n) is 10.3. The highest BCUT2D eigenvalue weighted by Crippen LogP contribution is 2.24. The van der Waals surface area contributed by atoms with Crippen molar-refractivity contribution in [1.29, 1.82) is 0 Å². The highest BCUT2D eigenvalue weighted by molar-refractivity contribution is 7.89. The molecule has 0 radical (unpaired) electrons. The molecule has 2 aromatic carbocycles. The fourth-order valence-electron chi connectivity index (χ4n) is 3.70. The molecule has 2 heterocycles. The zero-order chi connectivity index (χ0) is 22.0. The van der Waals surface area contributed by atoms with Crippen LogP contribution in [-0.2, 0) is 27.9 Å². The van der Waals surface area contributed by atoms with Gasteiger partial charge in [-0.05, 0) is 37.5 Å². The average Bonchev–Trinajstić information content (AvgIpc) is 3.39. The zero-order valence-electron chi connectivity index (χ0n) is 17.3.